The van der Waals surface area contributed by atoms with Gasteiger partial charge in [-0.15, -0.1) is 0 Å². The molecule has 5 heteroatoms. The van der Waals surface area contributed by atoms with Crippen molar-refractivity contribution in [3.05, 3.63) is 33.6 Å². The van der Waals surface area contributed by atoms with Gasteiger partial charge in [0.1, 0.15) is 0 Å². The van der Waals surface area contributed by atoms with Gasteiger partial charge in [0.15, 0.2) is 0 Å². The SMILES string of the molecule is O=S1(=O)C=C(CS)c2c(Br)cccc21. The Morgan fingerprint density at radius 1 is 1.36 bits per heavy atom. The fourth-order valence-corrected chi connectivity index (χ4v) is 4.10. The average molecular weight is 291 g/mol. The number of fused-ring (bicyclic) bond motifs is 1. The van der Waals surface area contributed by atoms with Crippen molar-refractivity contribution in [2.24, 2.45) is 0 Å². The van der Waals surface area contributed by atoms with Crippen molar-refractivity contribution >= 4 is 44.0 Å². The summed E-state index contributed by atoms with van der Waals surface area (Å²) >= 11 is 7.45. The molecule has 0 unspecified atom stereocenters. The Labute approximate surface area is 96.5 Å². The molecule has 0 N–H and O–H groups in total. The van der Waals surface area contributed by atoms with Gasteiger partial charge in [0.2, 0.25) is 9.84 Å². The van der Waals surface area contributed by atoms with E-state index in [0.717, 1.165) is 15.6 Å². The number of rotatable bonds is 1. The van der Waals surface area contributed by atoms with Crippen molar-refractivity contribution in [1.29, 1.82) is 0 Å². The number of halogens is 1. The molecule has 14 heavy (non-hydrogen) atoms. The lowest BCUT2D eigenvalue weighted by atomic mass is 10.1. The Hall–Kier alpha value is -0.260. The van der Waals surface area contributed by atoms with Gasteiger partial charge in [0.05, 0.1) is 4.90 Å². The van der Waals surface area contributed by atoms with Gasteiger partial charge in [-0.2, -0.15) is 12.6 Å². The van der Waals surface area contributed by atoms with Crippen LogP contribution >= 0.6 is 28.6 Å². The van der Waals surface area contributed by atoms with Crippen molar-refractivity contribution < 1.29 is 8.42 Å². The van der Waals surface area contributed by atoms with Crippen LogP contribution < -0.4 is 0 Å². The van der Waals surface area contributed by atoms with E-state index < -0.39 is 9.84 Å². The first-order valence-electron chi connectivity index (χ1n) is 3.91. The average Bonchev–Trinajstić information content (AvgIpc) is 2.40. The Morgan fingerprint density at radius 3 is 2.71 bits per heavy atom. The predicted octanol–water partition coefficient (Wildman–Crippen LogP) is 2.51. The molecule has 0 saturated heterocycles. The quantitative estimate of drug-likeness (QED) is 0.807. The second-order valence-corrected chi connectivity index (χ2v) is 5.90. The van der Waals surface area contributed by atoms with Crippen LogP contribution in [0.3, 0.4) is 0 Å². The van der Waals surface area contributed by atoms with E-state index in [0.29, 0.717) is 10.6 Å². The number of hydrogen-bond acceptors (Lipinski definition) is 3. The van der Waals surface area contributed by atoms with Crippen LogP contribution in [0, 0.1) is 0 Å². The van der Waals surface area contributed by atoms with E-state index >= 15 is 0 Å². The predicted molar refractivity (Wildman–Crippen MR) is 63.2 cm³/mol. The molecule has 0 bridgehead atoms. The maximum atomic E-state index is 11.6. The number of hydrogen-bond donors (Lipinski definition) is 1. The van der Waals surface area contributed by atoms with Gasteiger partial charge < -0.3 is 0 Å². The molecule has 0 saturated carbocycles. The molecule has 0 atom stereocenters. The van der Waals surface area contributed by atoms with Crippen LogP contribution in [0.2, 0.25) is 0 Å². The van der Waals surface area contributed by atoms with E-state index in [2.05, 4.69) is 28.6 Å². The van der Waals surface area contributed by atoms with E-state index in [1.54, 1.807) is 12.1 Å². The first-order chi connectivity index (χ1) is 6.56. The lowest BCUT2D eigenvalue weighted by Crippen LogP contribution is -1.93. The summed E-state index contributed by atoms with van der Waals surface area (Å²) in [6.45, 7) is 0. The summed E-state index contributed by atoms with van der Waals surface area (Å²) in [5.41, 5.74) is 1.50. The van der Waals surface area contributed by atoms with Gasteiger partial charge in [-0.1, -0.05) is 22.0 Å². The van der Waals surface area contributed by atoms with Gasteiger partial charge >= 0.3 is 0 Å². The van der Waals surface area contributed by atoms with Crippen LogP contribution in [-0.4, -0.2) is 14.2 Å². The molecule has 1 aliphatic rings. The molecule has 1 aromatic rings. The minimum atomic E-state index is -3.23. The Bertz CT molecular complexity index is 518. The molecular formula is C9H7BrO2S2. The lowest BCUT2D eigenvalue weighted by Gasteiger charge is -2.03. The zero-order valence-electron chi connectivity index (χ0n) is 7.07. The maximum absolute atomic E-state index is 11.6. The first-order valence-corrected chi connectivity index (χ1v) is 6.89. The van der Waals surface area contributed by atoms with E-state index in [1.807, 2.05) is 6.07 Å². The second-order valence-electron chi connectivity index (χ2n) is 2.96. The third-order valence-electron chi connectivity index (χ3n) is 2.07. The fraction of sp³-hybridized carbons (Fsp3) is 0.111. The lowest BCUT2D eigenvalue weighted by molar-refractivity contribution is 0.605. The minimum absolute atomic E-state index is 0.371. The molecule has 0 fully saturated rings. The summed E-state index contributed by atoms with van der Waals surface area (Å²) in [7, 11) is -3.23. The van der Waals surface area contributed by atoms with Gasteiger partial charge in [-0.05, 0) is 17.7 Å². The molecule has 1 heterocycles. The highest BCUT2D eigenvalue weighted by Crippen LogP contribution is 2.38. The van der Waals surface area contributed by atoms with Gasteiger partial charge in [0, 0.05) is 21.2 Å². The zero-order chi connectivity index (χ0) is 10.3. The molecule has 1 aliphatic heterocycles. The topological polar surface area (TPSA) is 34.1 Å². The summed E-state index contributed by atoms with van der Waals surface area (Å²) in [6.07, 6.45) is 0. The highest BCUT2D eigenvalue weighted by atomic mass is 79.9. The standard InChI is InChI=1S/C9H7BrO2S2/c10-7-2-1-3-8-9(7)6(4-13)5-14(8,11)12/h1-3,5,13H,4H2. The molecule has 0 aliphatic carbocycles. The van der Waals surface area contributed by atoms with Crippen LogP contribution in [0.1, 0.15) is 5.56 Å². The Kier molecular flexibility index (Phi) is 2.49. The van der Waals surface area contributed by atoms with Crippen molar-refractivity contribution in [3.63, 3.8) is 0 Å². The number of thiol groups is 1. The summed E-state index contributed by atoms with van der Waals surface area (Å²) in [4.78, 5) is 0.371. The van der Waals surface area contributed by atoms with E-state index in [4.69, 9.17) is 0 Å². The monoisotopic (exact) mass is 290 g/mol. The molecule has 2 rings (SSSR count). The van der Waals surface area contributed by atoms with E-state index in [1.165, 1.54) is 5.41 Å². The Balaban J connectivity index is 2.82. The van der Waals surface area contributed by atoms with Crippen molar-refractivity contribution in [2.75, 3.05) is 5.75 Å². The third kappa shape index (κ3) is 1.43. The third-order valence-corrected chi connectivity index (χ3v) is 4.62. The van der Waals surface area contributed by atoms with Crippen LogP contribution in [0.15, 0.2) is 33.0 Å². The van der Waals surface area contributed by atoms with Crippen molar-refractivity contribution in [3.8, 4) is 0 Å². The molecular weight excluding hydrogens is 284 g/mol. The summed E-state index contributed by atoms with van der Waals surface area (Å²) in [6, 6.07) is 5.16. The van der Waals surface area contributed by atoms with E-state index in [9.17, 15) is 8.42 Å². The number of benzene rings is 1. The van der Waals surface area contributed by atoms with Crippen LogP contribution in [0.25, 0.3) is 5.57 Å². The molecule has 0 radical (unpaired) electrons. The highest BCUT2D eigenvalue weighted by molar-refractivity contribution is 9.10. The van der Waals surface area contributed by atoms with Crippen LogP contribution in [-0.2, 0) is 9.84 Å². The van der Waals surface area contributed by atoms with Crippen LogP contribution in [0.5, 0.6) is 0 Å². The summed E-state index contributed by atoms with van der Waals surface area (Å²) < 4.78 is 24.1. The van der Waals surface area contributed by atoms with Gasteiger partial charge in [-0.3, -0.25) is 0 Å². The largest absolute Gasteiger partial charge is 0.219 e. The van der Waals surface area contributed by atoms with Gasteiger partial charge in [0.25, 0.3) is 0 Å². The van der Waals surface area contributed by atoms with Gasteiger partial charge in [-0.25, -0.2) is 8.42 Å². The Morgan fingerprint density at radius 2 is 2.07 bits per heavy atom. The van der Waals surface area contributed by atoms with Crippen molar-refractivity contribution in [1.82, 2.24) is 0 Å². The van der Waals surface area contributed by atoms with E-state index in [-0.39, 0.29) is 0 Å². The minimum Gasteiger partial charge on any atom is -0.219 e. The fourth-order valence-electron chi connectivity index (χ4n) is 1.48. The zero-order valence-corrected chi connectivity index (χ0v) is 10.4. The normalized spacial score (nSPS) is 17.7. The molecule has 74 valence electrons. The first kappa shape index (κ1) is 10.3. The highest BCUT2D eigenvalue weighted by Gasteiger charge is 2.27. The maximum Gasteiger partial charge on any atom is 0.200 e. The molecule has 0 aromatic heterocycles. The summed E-state index contributed by atoms with van der Waals surface area (Å²) in [5.74, 6) is 0.425. The second kappa shape index (κ2) is 3.40. The molecule has 0 spiro atoms. The molecule has 0 amide bonds. The molecule has 1 aromatic carbocycles. The smallest absolute Gasteiger partial charge is 0.200 e. The summed E-state index contributed by atoms with van der Waals surface area (Å²) in [5, 5.41) is 1.29. The molecule has 2 nitrogen and oxygen atoms in total. The number of sulfone groups is 1. The van der Waals surface area contributed by atoms with Crippen molar-refractivity contribution in [2.45, 2.75) is 4.90 Å². The van der Waals surface area contributed by atoms with Crippen LogP contribution in [0.4, 0.5) is 0 Å².